The Labute approximate surface area is 172 Å². The number of benzene rings is 2. The summed E-state index contributed by atoms with van der Waals surface area (Å²) < 4.78 is 5.52. The maximum atomic E-state index is 6.12. The highest BCUT2D eigenvalue weighted by atomic mass is 35.5. The Morgan fingerprint density at radius 3 is 2.64 bits per heavy atom. The number of halogens is 1. The van der Waals surface area contributed by atoms with E-state index in [-0.39, 0.29) is 0 Å². The molecule has 2 heterocycles. The molecule has 1 aromatic heterocycles. The van der Waals surface area contributed by atoms with Gasteiger partial charge in [0.15, 0.2) is 0 Å². The summed E-state index contributed by atoms with van der Waals surface area (Å²) in [5.41, 5.74) is 5.04. The summed E-state index contributed by atoms with van der Waals surface area (Å²) >= 11 is 6.12. The summed E-state index contributed by atoms with van der Waals surface area (Å²) in [6.45, 7) is 7.59. The second kappa shape index (κ2) is 8.46. The van der Waals surface area contributed by atoms with Crippen LogP contribution in [-0.4, -0.2) is 49.7 Å². The fraction of sp³-hybridized carbons (Fsp3) is 0.391. The third-order valence-electron chi connectivity index (χ3n) is 5.78. The van der Waals surface area contributed by atoms with E-state index in [9.17, 15) is 0 Å². The quantitative estimate of drug-likeness (QED) is 0.642. The molecule has 28 heavy (non-hydrogen) atoms. The minimum Gasteiger partial charge on any atom is -0.495 e. The largest absolute Gasteiger partial charge is 0.495 e. The van der Waals surface area contributed by atoms with E-state index in [4.69, 9.17) is 16.3 Å². The molecule has 0 atom stereocenters. The van der Waals surface area contributed by atoms with Crippen LogP contribution in [-0.2, 0) is 6.42 Å². The van der Waals surface area contributed by atoms with E-state index < -0.39 is 0 Å². The van der Waals surface area contributed by atoms with Crippen LogP contribution in [0.2, 0.25) is 5.02 Å². The first kappa shape index (κ1) is 19.2. The van der Waals surface area contributed by atoms with Gasteiger partial charge in [0.25, 0.3) is 0 Å². The van der Waals surface area contributed by atoms with Crippen LogP contribution in [0.25, 0.3) is 10.9 Å². The number of nitrogens with zero attached hydrogens (tertiary/aromatic N) is 2. The van der Waals surface area contributed by atoms with E-state index >= 15 is 0 Å². The summed E-state index contributed by atoms with van der Waals surface area (Å²) in [5, 5.41) is 2.09. The number of methoxy groups -OCH3 is 1. The lowest BCUT2D eigenvalue weighted by Gasteiger charge is -2.36. The molecule has 1 N–H and O–H groups in total. The smallest absolute Gasteiger partial charge is 0.142 e. The molecule has 4 nitrogen and oxygen atoms in total. The molecule has 2 aromatic carbocycles. The summed E-state index contributed by atoms with van der Waals surface area (Å²) in [4.78, 5) is 8.48. The highest BCUT2D eigenvalue weighted by Crippen LogP contribution is 2.29. The second-order valence-corrected chi connectivity index (χ2v) is 7.96. The van der Waals surface area contributed by atoms with Gasteiger partial charge in [0.2, 0.25) is 0 Å². The first-order valence-electron chi connectivity index (χ1n) is 10.0. The van der Waals surface area contributed by atoms with Crippen molar-refractivity contribution in [1.82, 2.24) is 9.88 Å². The average Bonchev–Trinajstić information content (AvgIpc) is 3.03. The molecule has 3 aromatic rings. The minimum absolute atomic E-state index is 0.785. The maximum Gasteiger partial charge on any atom is 0.142 e. The van der Waals surface area contributed by atoms with Crippen LogP contribution in [0, 0.1) is 6.92 Å². The molecule has 148 valence electrons. The highest BCUT2D eigenvalue weighted by molar-refractivity contribution is 6.31. The molecule has 0 bridgehead atoms. The summed E-state index contributed by atoms with van der Waals surface area (Å²) in [7, 11) is 1.75. The number of hydrogen-bond acceptors (Lipinski definition) is 3. The van der Waals surface area contributed by atoms with Gasteiger partial charge in [-0.3, -0.25) is 4.90 Å². The Hall–Kier alpha value is -2.17. The molecule has 0 unspecified atom stereocenters. The van der Waals surface area contributed by atoms with Crippen LogP contribution in [0.15, 0.2) is 42.5 Å². The topological polar surface area (TPSA) is 31.5 Å². The van der Waals surface area contributed by atoms with Gasteiger partial charge in [0.1, 0.15) is 5.75 Å². The molecule has 4 rings (SSSR count). The van der Waals surface area contributed by atoms with E-state index in [0.717, 1.165) is 55.4 Å². The maximum absolute atomic E-state index is 6.12. The molecule has 0 amide bonds. The van der Waals surface area contributed by atoms with Gasteiger partial charge in [0.05, 0.1) is 12.8 Å². The van der Waals surface area contributed by atoms with Gasteiger partial charge in [-0.1, -0.05) is 29.8 Å². The Morgan fingerprint density at radius 2 is 1.86 bits per heavy atom. The third kappa shape index (κ3) is 3.98. The first-order chi connectivity index (χ1) is 13.7. The number of aromatic amines is 1. The average molecular weight is 398 g/mol. The molecular weight excluding hydrogens is 370 g/mol. The fourth-order valence-electron chi connectivity index (χ4n) is 4.27. The van der Waals surface area contributed by atoms with Crippen molar-refractivity contribution in [3.63, 3.8) is 0 Å². The first-order valence-corrected chi connectivity index (χ1v) is 10.4. The molecule has 0 aliphatic carbocycles. The molecular formula is C23H28ClN3O. The van der Waals surface area contributed by atoms with Crippen molar-refractivity contribution in [2.75, 3.05) is 44.7 Å². The van der Waals surface area contributed by atoms with Crippen molar-refractivity contribution >= 4 is 28.2 Å². The van der Waals surface area contributed by atoms with Crippen LogP contribution >= 0.6 is 11.6 Å². The zero-order valence-corrected chi connectivity index (χ0v) is 17.4. The second-order valence-electron chi connectivity index (χ2n) is 7.52. The van der Waals surface area contributed by atoms with Gasteiger partial charge in [-0.05, 0) is 56.1 Å². The van der Waals surface area contributed by atoms with Gasteiger partial charge in [-0.15, -0.1) is 0 Å². The van der Waals surface area contributed by atoms with Crippen molar-refractivity contribution in [3.8, 4) is 5.75 Å². The van der Waals surface area contributed by atoms with Crippen LogP contribution in [0.5, 0.6) is 5.75 Å². The van der Waals surface area contributed by atoms with E-state index in [0.29, 0.717) is 0 Å². The number of para-hydroxylation sites is 2. The number of aryl methyl sites for hydroxylation is 2. The van der Waals surface area contributed by atoms with E-state index in [1.807, 2.05) is 24.3 Å². The number of aromatic nitrogens is 1. The molecule has 0 radical (unpaired) electrons. The standard InChI is InChI=1S/C23H28ClN3O/c1-17-19(20-10-9-18(24)16-21(20)25-17)6-5-11-26-12-14-27(15-13-26)22-7-3-4-8-23(22)28-2/h3-4,7-10,16,25H,5-6,11-15H2,1-2H3. The van der Waals surface area contributed by atoms with E-state index in [2.05, 4.69) is 39.9 Å². The number of hydrogen-bond donors (Lipinski definition) is 1. The predicted molar refractivity (Wildman–Crippen MR) is 118 cm³/mol. The van der Waals surface area contributed by atoms with Gasteiger partial charge in [-0.25, -0.2) is 0 Å². The molecule has 5 heteroatoms. The minimum atomic E-state index is 0.785. The lowest BCUT2D eigenvalue weighted by Crippen LogP contribution is -2.46. The number of nitrogens with one attached hydrogen (secondary N) is 1. The molecule has 0 saturated carbocycles. The Morgan fingerprint density at radius 1 is 1.07 bits per heavy atom. The number of fused-ring (bicyclic) bond motifs is 1. The zero-order valence-electron chi connectivity index (χ0n) is 16.7. The Balaban J connectivity index is 1.31. The van der Waals surface area contributed by atoms with Gasteiger partial charge < -0.3 is 14.6 Å². The Bertz CT molecular complexity index is 944. The molecule has 1 aliphatic rings. The number of H-pyrrole nitrogens is 1. The summed E-state index contributed by atoms with van der Waals surface area (Å²) in [6.07, 6.45) is 2.27. The van der Waals surface area contributed by atoms with Crippen LogP contribution in [0.4, 0.5) is 5.69 Å². The fourth-order valence-corrected chi connectivity index (χ4v) is 4.44. The van der Waals surface area contributed by atoms with Crippen molar-refractivity contribution in [1.29, 1.82) is 0 Å². The predicted octanol–water partition coefficient (Wildman–Crippen LogP) is 4.89. The molecule has 1 aliphatic heterocycles. The monoisotopic (exact) mass is 397 g/mol. The zero-order chi connectivity index (χ0) is 19.5. The van der Waals surface area contributed by atoms with E-state index in [1.165, 1.54) is 28.8 Å². The summed E-state index contributed by atoms with van der Waals surface area (Å²) in [5.74, 6) is 0.964. The summed E-state index contributed by atoms with van der Waals surface area (Å²) in [6, 6.07) is 14.4. The lowest BCUT2D eigenvalue weighted by molar-refractivity contribution is 0.254. The van der Waals surface area contributed by atoms with Crippen molar-refractivity contribution in [3.05, 3.63) is 58.7 Å². The number of anilines is 1. The highest BCUT2D eigenvalue weighted by Gasteiger charge is 2.19. The van der Waals surface area contributed by atoms with Gasteiger partial charge in [-0.2, -0.15) is 0 Å². The molecule has 1 saturated heterocycles. The van der Waals surface area contributed by atoms with Crippen LogP contribution < -0.4 is 9.64 Å². The van der Waals surface area contributed by atoms with Crippen molar-refractivity contribution in [2.45, 2.75) is 19.8 Å². The molecule has 0 spiro atoms. The van der Waals surface area contributed by atoms with Crippen LogP contribution in [0.3, 0.4) is 0 Å². The number of rotatable bonds is 6. The third-order valence-corrected chi connectivity index (χ3v) is 6.02. The van der Waals surface area contributed by atoms with Gasteiger partial charge in [0, 0.05) is 47.8 Å². The van der Waals surface area contributed by atoms with Crippen molar-refractivity contribution in [2.24, 2.45) is 0 Å². The van der Waals surface area contributed by atoms with Crippen molar-refractivity contribution < 1.29 is 4.74 Å². The Kier molecular flexibility index (Phi) is 5.79. The van der Waals surface area contributed by atoms with Crippen LogP contribution in [0.1, 0.15) is 17.7 Å². The molecule has 1 fully saturated rings. The lowest BCUT2D eigenvalue weighted by atomic mass is 10.1. The van der Waals surface area contributed by atoms with E-state index in [1.54, 1.807) is 7.11 Å². The number of ether oxygens (including phenoxy) is 1. The normalized spacial score (nSPS) is 15.3. The SMILES string of the molecule is COc1ccccc1N1CCN(CCCc2c(C)[nH]c3cc(Cl)ccc23)CC1. The van der Waals surface area contributed by atoms with Gasteiger partial charge >= 0.3 is 0 Å². The number of piperazine rings is 1.